The molecule has 0 radical (unpaired) electrons. The molecule has 0 saturated heterocycles. The minimum absolute atomic E-state index is 0.0258. The fourth-order valence-electron chi connectivity index (χ4n) is 1.65. The number of ether oxygens (including phenoxy) is 1. The number of nitrogens with one attached hydrogen (secondary N) is 1. The van der Waals surface area contributed by atoms with Gasteiger partial charge < -0.3 is 15.8 Å². The summed E-state index contributed by atoms with van der Waals surface area (Å²) in [5, 5.41) is 2.95. The molecule has 94 valence electrons. The van der Waals surface area contributed by atoms with E-state index in [0.717, 1.165) is 25.7 Å². The molecule has 0 aliphatic heterocycles. The summed E-state index contributed by atoms with van der Waals surface area (Å²) in [5.74, 6) is -0.0443. The van der Waals surface area contributed by atoms with Crippen LogP contribution in [0.25, 0.3) is 0 Å². The van der Waals surface area contributed by atoms with Gasteiger partial charge in [-0.2, -0.15) is 0 Å². The largest absolute Gasteiger partial charge is 0.364 e. The molecule has 0 heterocycles. The van der Waals surface area contributed by atoms with Crippen LogP contribution in [-0.2, 0) is 9.53 Å². The van der Waals surface area contributed by atoms with Crippen LogP contribution in [-0.4, -0.2) is 30.2 Å². The number of amides is 1. The van der Waals surface area contributed by atoms with Crippen LogP contribution in [0.1, 0.15) is 46.5 Å². The van der Waals surface area contributed by atoms with Gasteiger partial charge >= 0.3 is 0 Å². The Kier molecular flexibility index (Phi) is 5.22. The van der Waals surface area contributed by atoms with Crippen LogP contribution >= 0.6 is 0 Å². The van der Waals surface area contributed by atoms with E-state index in [2.05, 4.69) is 12.2 Å². The van der Waals surface area contributed by atoms with Gasteiger partial charge in [-0.1, -0.05) is 13.3 Å². The summed E-state index contributed by atoms with van der Waals surface area (Å²) < 4.78 is 5.62. The van der Waals surface area contributed by atoms with E-state index in [1.54, 1.807) is 0 Å². The van der Waals surface area contributed by atoms with Crippen LogP contribution < -0.4 is 11.1 Å². The van der Waals surface area contributed by atoms with Gasteiger partial charge in [0.05, 0.1) is 6.10 Å². The van der Waals surface area contributed by atoms with E-state index in [9.17, 15) is 4.79 Å². The number of hydrogen-bond acceptors (Lipinski definition) is 3. The zero-order valence-corrected chi connectivity index (χ0v) is 10.5. The average molecular weight is 228 g/mol. The Morgan fingerprint density at radius 1 is 1.50 bits per heavy atom. The first kappa shape index (κ1) is 13.5. The Balaban J connectivity index is 2.49. The van der Waals surface area contributed by atoms with Crippen LogP contribution in [0.4, 0.5) is 0 Å². The van der Waals surface area contributed by atoms with Crippen molar-refractivity contribution in [1.29, 1.82) is 0 Å². The number of rotatable bonds is 7. The summed E-state index contributed by atoms with van der Waals surface area (Å²) in [6, 6.07) is 0.158. The fourth-order valence-corrected chi connectivity index (χ4v) is 1.65. The van der Waals surface area contributed by atoms with Gasteiger partial charge in [-0.25, -0.2) is 0 Å². The summed E-state index contributed by atoms with van der Waals surface area (Å²) in [6.07, 6.45) is 3.48. The third-order valence-electron chi connectivity index (χ3n) is 2.61. The molecule has 4 nitrogen and oxygen atoms in total. The minimum Gasteiger partial charge on any atom is -0.364 e. The Morgan fingerprint density at radius 2 is 2.12 bits per heavy atom. The van der Waals surface area contributed by atoms with E-state index < -0.39 is 6.10 Å². The molecular weight excluding hydrogens is 204 g/mol. The first-order valence-electron chi connectivity index (χ1n) is 6.26. The maximum atomic E-state index is 11.9. The summed E-state index contributed by atoms with van der Waals surface area (Å²) >= 11 is 0. The molecule has 16 heavy (non-hydrogen) atoms. The van der Waals surface area contributed by atoms with Crippen molar-refractivity contribution >= 4 is 5.91 Å². The van der Waals surface area contributed by atoms with Crippen molar-refractivity contribution in [1.82, 2.24) is 5.32 Å². The molecular formula is C12H24N2O2. The van der Waals surface area contributed by atoms with Gasteiger partial charge in [0, 0.05) is 12.1 Å². The van der Waals surface area contributed by atoms with Crippen LogP contribution in [0.3, 0.4) is 0 Å². The van der Waals surface area contributed by atoms with E-state index in [4.69, 9.17) is 10.5 Å². The maximum Gasteiger partial charge on any atom is 0.250 e. The molecule has 3 N–H and O–H groups in total. The van der Waals surface area contributed by atoms with Crippen molar-refractivity contribution < 1.29 is 9.53 Å². The van der Waals surface area contributed by atoms with E-state index >= 15 is 0 Å². The van der Waals surface area contributed by atoms with Crippen LogP contribution in [0.5, 0.6) is 0 Å². The first-order chi connectivity index (χ1) is 7.54. The number of carbonyl (C=O) groups is 1. The van der Waals surface area contributed by atoms with Gasteiger partial charge in [0.15, 0.2) is 6.10 Å². The first-order valence-corrected chi connectivity index (χ1v) is 6.26. The molecule has 0 bridgehead atoms. The zero-order chi connectivity index (χ0) is 12.1. The third kappa shape index (κ3) is 4.49. The van der Waals surface area contributed by atoms with Crippen molar-refractivity contribution in [2.45, 2.75) is 70.7 Å². The molecule has 0 spiro atoms. The predicted octanol–water partition coefficient (Wildman–Crippen LogP) is 1.19. The molecule has 4 heteroatoms. The van der Waals surface area contributed by atoms with Gasteiger partial charge in [0.2, 0.25) is 0 Å². The third-order valence-corrected chi connectivity index (χ3v) is 2.61. The fraction of sp³-hybridized carbons (Fsp3) is 0.917. The monoisotopic (exact) mass is 228 g/mol. The molecule has 0 aromatic heterocycles. The van der Waals surface area contributed by atoms with Crippen molar-refractivity contribution in [2.75, 3.05) is 0 Å². The predicted molar refractivity (Wildman–Crippen MR) is 64.1 cm³/mol. The van der Waals surface area contributed by atoms with Gasteiger partial charge in [-0.15, -0.1) is 0 Å². The second-order valence-corrected chi connectivity index (χ2v) is 4.84. The maximum absolute atomic E-state index is 11.9. The van der Waals surface area contributed by atoms with Crippen molar-refractivity contribution in [3.05, 3.63) is 0 Å². The number of hydrogen-bond donors (Lipinski definition) is 2. The second-order valence-electron chi connectivity index (χ2n) is 4.84. The lowest BCUT2D eigenvalue weighted by Crippen LogP contribution is -2.49. The molecule has 0 aromatic rings. The topological polar surface area (TPSA) is 64.3 Å². The Morgan fingerprint density at radius 3 is 2.56 bits per heavy atom. The molecule has 1 aliphatic rings. The Labute approximate surface area is 97.9 Å². The van der Waals surface area contributed by atoms with Gasteiger partial charge in [0.1, 0.15) is 0 Å². The molecule has 2 atom stereocenters. The van der Waals surface area contributed by atoms with E-state index in [1.165, 1.54) is 0 Å². The van der Waals surface area contributed by atoms with Gasteiger partial charge in [-0.3, -0.25) is 4.79 Å². The standard InChI is InChI=1S/C12H24N2O2/c1-4-5-10(13)11(16-8(2)3)12(15)14-9-6-7-9/h8-11H,4-7,13H2,1-3H3,(H,14,15)/t10-,11?/m0/s1. The summed E-state index contributed by atoms with van der Waals surface area (Å²) in [7, 11) is 0. The smallest absolute Gasteiger partial charge is 0.250 e. The highest BCUT2D eigenvalue weighted by molar-refractivity contribution is 5.82. The lowest BCUT2D eigenvalue weighted by molar-refractivity contribution is -0.137. The van der Waals surface area contributed by atoms with Gasteiger partial charge in [-0.05, 0) is 33.1 Å². The normalized spacial score (nSPS) is 19.6. The highest BCUT2D eigenvalue weighted by Gasteiger charge is 2.31. The van der Waals surface area contributed by atoms with Crippen LogP contribution in [0.2, 0.25) is 0 Å². The molecule has 1 amide bonds. The zero-order valence-electron chi connectivity index (χ0n) is 10.5. The highest BCUT2D eigenvalue weighted by atomic mass is 16.5. The van der Waals surface area contributed by atoms with Crippen LogP contribution in [0, 0.1) is 0 Å². The van der Waals surface area contributed by atoms with E-state index in [0.29, 0.717) is 6.04 Å². The summed E-state index contributed by atoms with van der Waals surface area (Å²) in [5.41, 5.74) is 5.99. The lowest BCUT2D eigenvalue weighted by atomic mass is 10.1. The van der Waals surface area contributed by atoms with E-state index in [1.807, 2.05) is 13.8 Å². The molecule has 1 aliphatic carbocycles. The van der Waals surface area contributed by atoms with Crippen LogP contribution in [0.15, 0.2) is 0 Å². The average Bonchev–Trinajstić information content (AvgIpc) is 2.97. The minimum atomic E-state index is -0.499. The van der Waals surface area contributed by atoms with Crippen molar-refractivity contribution in [2.24, 2.45) is 5.73 Å². The highest BCUT2D eigenvalue weighted by Crippen LogP contribution is 2.19. The van der Waals surface area contributed by atoms with E-state index in [-0.39, 0.29) is 18.1 Å². The second kappa shape index (κ2) is 6.21. The molecule has 1 saturated carbocycles. The SMILES string of the molecule is CCC[C@H](N)C(OC(C)C)C(=O)NC1CC1. The van der Waals surface area contributed by atoms with Gasteiger partial charge in [0.25, 0.3) is 5.91 Å². The lowest BCUT2D eigenvalue weighted by Gasteiger charge is -2.25. The Hall–Kier alpha value is -0.610. The molecule has 1 fully saturated rings. The Bertz CT molecular complexity index is 227. The summed E-state index contributed by atoms with van der Waals surface area (Å²) in [6.45, 7) is 5.91. The quantitative estimate of drug-likeness (QED) is 0.688. The van der Waals surface area contributed by atoms with Crippen molar-refractivity contribution in [3.8, 4) is 0 Å². The molecule has 0 aromatic carbocycles. The number of carbonyl (C=O) groups excluding carboxylic acids is 1. The van der Waals surface area contributed by atoms with Crippen molar-refractivity contribution in [3.63, 3.8) is 0 Å². The summed E-state index contributed by atoms with van der Waals surface area (Å²) in [4.78, 5) is 11.9. The molecule has 1 unspecified atom stereocenters. The number of nitrogens with two attached hydrogens (primary N) is 1. The molecule has 1 rings (SSSR count).